The van der Waals surface area contributed by atoms with Gasteiger partial charge < -0.3 is 9.45 Å². The Morgan fingerprint density at radius 1 is 0.722 bits per heavy atom. The van der Waals surface area contributed by atoms with Crippen LogP contribution in [0.1, 0.15) is 64.5 Å². The van der Waals surface area contributed by atoms with Crippen molar-refractivity contribution in [2.75, 3.05) is 36.6 Å². The fourth-order valence-electron chi connectivity index (χ4n) is 8.12. The summed E-state index contributed by atoms with van der Waals surface area (Å²) < 4.78 is 64.8. The highest BCUT2D eigenvalue weighted by atomic mass is 32.2. The lowest BCUT2D eigenvalue weighted by molar-refractivity contribution is -0.436. The van der Waals surface area contributed by atoms with E-state index in [-0.39, 0.29) is 22.3 Å². The van der Waals surface area contributed by atoms with Crippen LogP contribution in [0.2, 0.25) is 0 Å². The summed E-state index contributed by atoms with van der Waals surface area (Å²) >= 11 is 0. The molecule has 54 heavy (non-hydrogen) atoms. The van der Waals surface area contributed by atoms with Crippen LogP contribution in [-0.4, -0.2) is 63.4 Å². The number of anilines is 1. The van der Waals surface area contributed by atoms with E-state index in [4.69, 9.17) is 0 Å². The Hall–Kier alpha value is -4.35. The van der Waals surface area contributed by atoms with E-state index in [2.05, 4.69) is 120 Å². The Morgan fingerprint density at radius 3 is 2.07 bits per heavy atom. The van der Waals surface area contributed by atoms with Gasteiger partial charge in [-0.05, 0) is 73.0 Å². The third kappa shape index (κ3) is 8.17. The Morgan fingerprint density at radius 2 is 1.35 bits per heavy atom. The van der Waals surface area contributed by atoms with Gasteiger partial charge in [-0.2, -0.15) is 13.0 Å². The number of nitrogens with zero attached hydrogens (tertiary/aromatic N) is 2. The van der Waals surface area contributed by atoms with Gasteiger partial charge >= 0.3 is 0 Å². The molecule has 2 heterocycles. The number of unbranched alkanes of at least 4 members (excludes halogenated alkanes) is 2. The van der Waals surface area contributed by atoms with Gasteiger partial charge in [-0.25, -0.2) is 8.42 Å². The maximum atomic E-state index is 12.0. The van der Waals surface area contributed by atoms with Crippen molar-refractivity contribution in [1.29, 1.82) is 0 Å². The second kappa shape index (κ2) is 15.8. The molecule has 0 amide bonds. The monoisotopic (exact) mass is 766 g/mol. The number of rotatable bonds is 15. The molecule has 0 unspecified atom stereocenters. The molecule has 0 radical (unpaired) electrons. The predicted octanol–water partition coefficient (Wildman–Crippen LogP) is 8.80. The number of allylic oxidation sites excluding steroid dienone is 8. The second-order valence-corrected chi connectivity index (χ2v) is 18.5. The van der Waals surface area contributed by atoms with Crippen LogP contribution in [0, 0.1) is 0 Å². The minimum atomic E-state index is -4.26. The van der Waals surface area contributed by atoms with Crippen molar-refractivity contribution >= 4 is 58.9 Å². The van der Waals surface area contributed by atoms with Gasteiger partial charge in [-0.15, -0.1) is 0 Å². The molecule has 0 saturated heterocycles. The smallest absolute Gasteiger partial charge is 0.267 e. The molecule has 0 aliphatic carbocycles. The second-order valence-electron chi connectivity index (χ2n) is 15.1. The van der Waals surface area contributed by atoms with E-state index in [1.165, 1.54) is 45.5 Å². The third-order valence-electron chi connectivity index (χ3n) is 10.8. The van der Waals surface area contributed by atoms with Crippen molar-refractivity contribution in [3.63, 3.8) is 0 Å². The number of hydrogen-bond donors (Lipinski definition) is 0. The van der Waals surface area contributed by atoms with Crippen molar-refractivity contribution < 1.29 is 30.1 Å². The van der Waals surface area contributed by atoms with Gasteiger partial charge in [0.15, 0.2) is 5.71 Å². The Labute approximate surface area is 320 Å². The van der Waals surface area contributed by atoms with E-state index >= 15 is 0 Å². The normalized spacial score (nSPS) is 17.7. The highest BCUT2D eigenvalue weighted by Crippen LogP contribution is 2.51. The molecule has 0 atom stereocenters. The predicted molar refractivity (Wildman–Crippen MR) is 220 cm³/mol. The van der Waals surface area contributed by atoms with E-state index < -0.39 is 20.2 Å². The van der Waals surface area contributed by atoms with Crippen molar-refractivity contribution in [2.45, 2.75) is 64.2 Å². The summed E-state index contributed by atoms with van der Waals surface area (Å²) in [5.74, 6) is -0.371. The molecule has 0 fully saturated rings. The average Bonchev–Trinajstić information content (AvgIpc) is 3.49. The van der Waals surface area contributed by atoms with Gasteiger partial charge in [0.2, 0.25) is 5.69 Å². The van der Waals surface area contributed by atoms with Crippen molar-refractivity contribution in [3.05, 3.63) is 132 Å². The third-order valence-corrected chi connectivity index (χ3v) is 12.9. The summed E-state index contributed by atoms with van der Waals surface area (Å²) in [6, 6.07) is 25.4. The lowest BCUT2D eigenvalue weighted by Crippen LogP contribution is -2.28. The number of fused-ring (bicyclic) bond motifs is 6. The van der Waals surface area contributed by atoms with E-state index in [0.717, 1.165) is 17.1 Å². The van der Waals surface area contributed by atoms with Crippen LogP contribution in [0.3, 0.4) is 0 Å². The molecule has 2 aliphatic heterocycles. The first-order valence-electron chi connectivity index (χ1n) is 18.6. The zero-order chi connectivity index (χ0) is 38.7. The van der Waals surface area contributed by atoms with Crippen LogP contribution < -0.4 is 4.90 Å². The fourth-order valence-corrected chi connectivity index (χ4v) is 9.40. The van der Waals surface area contributed by atoms with Crippen LogP contribution in [0.4, 0.5) is 11.4 Å². The molecule has 4 aromatic carbocycles. The first kappa shape index (κ1) is 39.3. The highest BCUT2D eigenvalue weighted by molar-refractivity contribution is 7.86. The van der Waals surface area contributed by atoms with Gasteiger partial charge in [-0.3, -0.25) is 4.18 Å². The average molecular weight is 767 g/mol. The van der Waals surface area contributed by atoms with Crippen LogP contribution in [-0.2, 0) is 35.2 Å². The zero-order valence-electron chi connectivity index (χ0n) is 31.8. The molecule has 0 spiro atoms. The van der Waals surface area contributed by atoms with Gasteiger partial charge in [-0.1, -0.05) is 105 Å². The van der Waals surface area contributed by atoms with Crippen LogP contribution in [0.25, 0.3) is 21.5 Å². The molecular formula is C44H50N2O6S2. The maximum Gasteiger partial charge on any atom is 0.267 e. The lowest BCUT2D eigenvalue weighted by atomic mass is 9.80. The molecule has 10 heteroatoms. The van der Waals surface area contributed by atoms with Gasteiger partial charge in [0, 0.05) is 47.2 Å². The summed E-state index contributed by atoms with van der Waals surface area (Å²) in [5.41, 5.74) is 6.45. The molecule has 6 rings (SSSR count). The lowest BCUT2D eigenvalue weighted by Gasteiger charge is -2.27. The molecule has 0 N–H and O–H groups in total. The van der Waals surface area contributed by atoms with E-state index in [1.54, 1.807) is 0 Å². The minimum absolute atomic E-state index is 0.0110. The summed E-state index contributed by atoms with van der Waals surface area (Å²) in [6.45, 7) is 10.2. The molecule has 0 aromatic heterocycles. The van der Waals surface area contributed by atoms with Crippen molar-refractivity contribution in [1.82, 2.24) is 0 Å². The fraction of sp³-hybridized carbons (Fsp3) is 0.341. The molecule has 8 nitrogen and oxygen atoms in total. The Bertz CT molecular complexity index is 2440. The zero-order valence-corrected chi connectivity index (χ0v) is 33.4. The van der Waals surface area contributed by atoms with Crippen molar-refractivity contribution in [3.8, 4) is 0 Å². The summed E-state index contributed by atoms with van der Waals surface area (Å²) in [6.07, 6.45) is 16.5. The summed E-state index contributed by atoms with van der Waals surface area (Å²) in [7, 11) is -6.56. The minimum Gasteiger partial charge on any atom is -0.748 e. The van der Waals surface area contributed by atoms with Crippen LogP contribution in [0.5, 0.6) is 0 Å². The van der Waals surface area contributed by atoms with Crippen LogP contribution >= 0.6 is 0 Å². The Kier molecular flexibility index (Phi) is 11.5. The van der Waals surface area contributed by atoms with E-state index in [0.29, 0.717) is 38.8 Å². The maximum absolute atomic E-state index is 12.0. The largest absolute Gasteiger partial charge is 0.748 e. The Balaban J connectivity index is 1.26. The summed E-state index contributed by atoms with van der Waals surface area (Å²) in [5, 5.41) is 4.71. The number of benzene rings is 4. The van der Waals surface area contributed by atoms with Gasteiger partial charge in [0.25, 0.3) is 10.1 Å². The quantitative estimate of drug-likeness (QED) is 0.0392. The molecule has 0 saturated carbocycles. The molecule has 4 aromatic rings. The van der Waals surface area contributed by atoms with E-state index in [9.17, 15) is 21.4 Å². The molecule has 284 valence electrons. The number of hydrogen-bond acceptors (Lipinski definition) is 7. The standard InChI is InChI=1S/C44H50N2O6S2/c1-43(2)37-27-25-34-20-12-14-22-36(34)42(37)46(30-16-18-32-54(50,51)52-5)39(43)23-9-7-6-8-10-24-40-44(3,4)41-35-21-13-11-19-33(35)26-28-38(41)45(40)29-15-17-31-53(47,48)49/h6-14,19-28H,15-18,29-32H2,1-5H3. The summed E-state index contributed by atoms with van der Waals surface area (Å²) in [4.78, 5) is 2.27. The van der Waals surface area contributed by atoms with Gasteiger partial charge in [0.1, 0.15) is 6.54 Å². The van der Waals surface area contributed by atoms with E-state index in [1.807, 2.05) is 36.4 Å². The molecule has 2 aliphatic rings. The SMILES string of the molecule is COS(=O)(=O)CCCC[N+]1=C(C=CC=CC=CC=C2N(CCCCS(=O)(=O)[O-])c3ccc4ccccc4c3C2(C)C)C(C)(C)c2ccc3ccccc3c21. The van der Waals surface area contributed by atoms with Crippen LogP contribution in [0.15, 0.2) is 121 Å². The van der Waals surface area contributed by atoms with Gasteiger partial charge in [0.05, 0.1) is 33.8 Å². The molecular weight excluding hydrogens is 717 g/mol. The first-order valence-corrected chi connectivity index (χ1v) is 21.7. The topological polar surface area (TPSA) is 107 Å². The molecule has 0 bridgehead atoms. The highest BCUT2D eigenvalue weighted by Gasteiger charge is 2.45. The van der Waals surface area contributed by atoms with Crippen molar-refractivity contribution in [2.24, 2.45) is 0 Å². The first-order chi connectivity index (χ1) is 25.7.